The Morgan fingerprint density at radius 2 is 2.03 bits per heavy atom. The Bertz CT molecular complexity index is 995. The van der Waals surface area contributed by atoms with Crippen molar-refractivity contribution in [2.24, 2.45) is 5.73 Å². The Kier molecular flexibility index (Phi) is 5.36. The van der Waals surface area contributed by atoms with Gasteiger partial charge < -0.3 is 21.3 Å². The Morgan fingerprint density at radius 3 is 2.76 bits per heavy atom. The zero-order chi connectivity index (χ0) is 20.4. The molecule has 0 radical (unpaired) electrons. The van der Waals surface area contributed by atoms with E-state index in [0.29, 0.717) is 12.1 Å². The highest BCUT2D eigenvalue weighted by Gasteiger charge is 2.16. The van der Waals surface area contributed by atoms with Gasteiger partial charge in [0.1, 0.15) is 0 Å². The summed E-state index contributed by atoms with van der Waals surface area (Å²) in [7, 11) is 0. The summed E-state index contributed by atoms with van der Waals surface area (Å²) in [6.07, 6.45) is 3.98. The zero-order valence-electron chi connectivity index (χ0n) is 16.7. The van der Waals surface area contributed by atoms with Crippen LogP contribution in [-0.4, -0.2) is 36.4 Å². The number of amides is 1. The highest BCUT2D eigenvalue weighted by molar-refractivity contribution is 6.05. The Balaban J connectivity index is 1.48. The van der Waals surface area contributed by atoms with Gasteiger partial charge in [-0.05, 0) is 72.3 Å². The van der Waals surface area contributed by atoms with Crippen molar-refractivity contribution in [1.82, 2.24) is 10.2 Å². The first-order valence-electron chi connectivity index (χ1n) is 10.0. The monoisotopic (exact) mass is 389 g/mol. The molecule has 6 heteroatoms. The molecule has 0 spiro atoms. The third-order valence-electron chi connectivity index (χ3n) is 5.74. The minimum absolute atomic E-state index is 0.0850. The molecule has 150 valence electrons. The fourth-order valence-corrected chi connectivity index (χ4v) is 4.02. The standard InChI is InChI=1S/C23H27N5O/c1-15-12-18(17-7-10-28(11-8-17)23(24)25)3-5-21(15)22(29)27-20-4-2-16-6-9-26-14-19(16)13-20/h2-5,7,12-13,26H,6,8-11,14H2,1H3,(H3,24,25)(H,27,29). The number of rotatable bonds is 3. The molecular formula is C23H27N5O. The maximum absolute atomic E-state index is 12.8. The molecule has 6 nitrogen and oxygen atoms in total. The third kappa shape index (κ3) is 4.17. The van der Waals surface area contributed by atoms with Crippen molar-refractivity contribution in [2.45, 2.75) is 26.3 Å². The number of carbonyl (C=O) groups is 1. The van der Waals surface area contributed by atoms with Crippen LogP contribution in [0.3, 0.4) is 0 Å². The lowest BCUT2D eigenvalue weighted by Gasteiger charge is -2.26. The molecular weight excluding hydrogens is 362 g/mol. The molecule has 2 aromatic rings. The van der Waals surface area contributed by atoms with Crippen LogP contribution < -0.4 is 16.4 Å². The summed E-state index contributed by atoms with van der Waals surface area (Å²) in [5, 5.41) is 13.9. The number of nitrogens with one attached hydrogen (secondary N) is 3. The topological polar surface area (TPSA) is 94.2 Å². The van der Waals surface area contributed by atoms with Gasteiger partial charge in [0.2, 0.25) is 0 Å². The van der Waals surface area contributed by atoms with Crippen molar-refractivity contribution in [1.29, 1.82) is 5.41 Å². The molecule has 0 aliphatic carbocycles. The SMILES string of the molecule is Cc1cc(C2=CCN(C(=N)N)CC2)ccc1C(=O)Nc1ccc2c(c1)CNCC2. The molecule has 1 amide bonds. The van der Waals surface area contributed by atoms with Crippen LogP contribution in [0.2, 0.25) is 0 Å². The van der Waals surface area contributed by atoms with Crippen molar-refractivity contribution < 1.29 is 4.79 Å². The first-order valence-corrected chi connectivity index (χ1v) is 10.0. The summed E-state index contributed by atoms with van der Waals surface area (Å²) in [5.74, 6) is 0.0274. The van der Waals surface area contributed by atoms with Gasteiger partial charge >= 0.3 is 0 Å². The van der Waals surface area contributed by atoms with Crippen LogP contribution in [0.1, 0.15) is 39.0 Å². The fourth-order valence-electron chi connectivity index (χ4n) is 4.02. The van der Waals surface area contributed by atoms with Crippen LogP contribution >= 0.6 is 0 Å². The molecule has 2 aromatic carbocycles. The van der Waals surface area contributed by atoms with Gasteiger partial charge in [0.05, 0.1) is 0 Å². The number of benzene rings is 2. The molecule has 29 heavy (non-hydrogen) atoms. The van der Waals surface area contributed by atoms with Crippen LogP contribution in [0, 0.1) is 12.3 Å². The van der Waals surface area contributed by atoms with E-state index in [1.807, 2.05) is 30.0 Å². The summed E-state index contributed by atoms with van der Waals surface area (Å²) in [6, 6.07) is 12.1. The minimum atomic E-state index is -0.0850. The number of aryl methyl sites for hydroxylation is 1. The van der Waals surface area contributed by atoms with Gasteiger partial charge in [-0.25, -0.2) is 0 Å². The molecule has 4 rings (SSSR count). The van der Waals surface area contributed by atoms with Gasteiger partial charge in [-0.2, -0.15) is 0 Å². The average molecular weight is 390 g/mol. The Labute approximate surface area is 171 Å². The van der Waals surface area contributed by atoms with Gasteiger partial charge in [0, 0.05) is 30.9 Å². The van der Waals surface area contributed by atoms with E-state index in [1.165, 1.54) is 16.7 Å². The number of nitrogens with two attached hydrogens (primary N) is 1. The van der Waals surface area contributed by atoms with Crippen molar-refractivity contribution in [3.8, 4) is 0 Å². The summed E-state index contributed by atoms with van der Waals surface area (Å²) in [4.78, 5) is 14.7. The van der Waals surface area contributed by atoms with Gasteiger partial charge in [0.25, 0.3) is 5.91 Å². The number of fused-ring (bicyclic) bond motifs is 1. The normalized spacial score (nSPS) is 16.0. The molecule has 0 aromatic heterocycles. The molecule has 2 aliphatic heterocycles. The predicted molar refractivity (Wildman–Crippen MR) is 117 cm³/mol. The first-order chi connectivity index (χ1) is 14.0. The van der Waals surface area contributed by atoms with E-state index in [9.17, 15) is 4.79 Å². The van der Waals surface area contributed by atoms with E-state index in [4.69, 9.17) is 11.1 Å². The maximum Gasteiger partial charge on any atom is 0.255 e. The second-order valence-electron chi connectivity index (χ2n) is 7.70. The van der Waals surface area contributed by atoms with E-state index in [1.54, 1.807) is 0 Å². The second-order valence-corrected chi connectivity index (χ2v) is 7.70. The predicted octanol–water partition coefficient (Wildman–Crippen LogP) is 2.88. The van der Waals surface area contributed by atoms with Gasteiger partial charge in [-0.3, -0.25) is 10.2 Å². The van der Waals surface area contributed by atoms with E-state index in [0.717, 1.165) is 49.3 Å². The van der Waals surface area contributed by atoms with Crippen LogP contribution in [0.15, 0.2) is 42.5 Å². The highest BCUT2D eigenvalue weighted by Crippen LogP contribution is 2.25. The lowest BCUT2D eigenvalue weighted by Crippen LogP contribution is -2.39. The molecule has 0 atom stereocenters. The highest BCUT2D eigenvalue weighted by atomic mass is 16.1. The van der Waals surface area contributed by atoms with Crippen molar-refractivity contribution in [3.63, 3.8) is 0 Å². The number of guanidine groups is 1. The van der Waals surface area contributed by atoms with E-state index < -0.39 is 0 Å². The Hall–Kier alpha value is -3.12. The number of carbonyl (C=O) groups excluding carboxylic acids is 1. The molecule has 2 heterocycles. The quantitative estimate of drug-likeness (QED) is 0.480. The number of hydrogen-bond donors (Lipinski definition) is 4. The second kappa shape index (κ2) is 8.09. The fraction of sp³-hybridized carbons (Fsp3) is 0.304. The number of nitrogens with zero attached hydrogens (tertiary/aromatic N) is 1. The molecule has 0 saturated carbocycles. The van der Waals surface area contributed by atoms with Crippen molar-refractivity contribution >= 4 is 23.1 Å². The molecule has 5 N–H and O–H groups in total. The van der Waals surface area contributed by atoms with Crippen molar-refractivity contribution in [2.75, 3.05) is 25.0 Å². The zero-order valence-corrected chi connectivity index (χ0v) is 16.7. The number of hydrogen-bond acceptors (Lipinski definition) is 3. The van der Waals surface area contributed by atoms with Gasteiger partial charge in [-0.1, -0.05) is 24.3 Å². The Morgan fingerprint density at radius 1 is 1.17 bits per heavy atom. The lowest BCUT2D eigenvalue weighted by atomic mass is 9.95. The molecule has 0 fully saturated rings. The van der Waals surface area contributed by atoms with Crippen LogP contribution in [0.4, 0.5) is 5.69 Å². The lowest BCUT2D eigenvalue weighted by molar-refractivity contribution is 0.102. The van der Waals surface area contributed by atoms with Gasteiger partial charge in [-0.15, -0.1) is 0 Å². The van der Waals surface area contributed by atoms with Crippen LogP contribution in [0.5, 0.6) is 0 Å². The molecule has 2 aliphatic rings. The van der Waals surface area contributed by atoms with E-state index in [-0.39, 0.29) is 11.9 Å². The maximum atomic E-state index is 12.8. The van der Waals surface area contributed by atoms with E-state index >= 15 is 0 Å². The third-order valence-corrected chi connectivity index (χ3v) is 5.74. The molecule has 0 bridgehead atoms. The minimum Gasteiger partial charge on any atom is -0.370 e. The molecule has 0 unspecified atom stereocenters. The van der Waals surface area contributed by atoms with Crippen molar-refractivity contribution in [3.05, 3.63) is 70.3 Å². The summed E-state index contributed by atoms with van der Waals surface area (Å²) >= 11 is 0. The van der Waals surface area contributed by atoms with Crippen LogP contribution in [0.25, 0.3) is 5.57 Å². The average Bonchev–Trinajstić information content (AvgIpc) is 2.73. The first kappa shape index (κ1) is 19.2. The van der Waals surface area contributed by atoms with Crippen LogP contribution in [-0.2, 0) is 13.0 Å². The molecule has 0 saturated heterocycles. The summed E-state index contributed by atoms with van der Waals surface area (Å²) in [5.41, 5.74) is 13.0. The van der Waals surface area contributed by atoms with E-state index in [2.05, 4.69) is 34.9 Å². The van der Waals surface area contributed by atoms with Gasteiger partial charge in [0.15, 0.2) is 5.96 Å². The smallest absolute Gasteiger partial charge is 0.255 e. The largest absolute Gasteiger partial charge is 0.370 e. The number of anilines is 1. The summed E-state index contributed by atoms with van der Waals surface area (Å²) < 4.78 is 0. The summed E-state index contributed by atoms with van der Waals surface area (Å²) in [6.45, 7) is 5.23.